The molecule has 7 heteroatoms. The molecule has 156 valence electrons. The topological polar surface area (TPSA) is 65.0 Å². The summed E-state index contributed by atoms with van der Waals surface area (Å²) in [6, 6.07) is 9.01. The van der Waals surface area contributed by atoms with Crippen molar-refractivity contribution < 1.29 is 8.42 Å². The summed E-state index contributed by atoms with van der Waals surface area (Å²) in [6.45, 7) is 12.4. The minimum absolute atomic E-state index is 0.183. The monoisotopic (exact) mass is 406 g/mol. The zero-order valence-electron chi connectivity index (χ0n) is 17.6. The third-order valence-electron chi connectivity index (χ3n) is 5.97. The van der Waals surface area contributed by atoms with E-state index in [1.165, 1.54) is 11.1 Å². The van der Waals surface area contributed by atoms with Gasteiger partial charge in [0.05, 0.1) is 17.0 Å². The average molecular weight is 407 g/mol. The van der Waals surface area contributed by atoms with Crippen molar-refractivity contribution in [3.63, 3.8) is 0 Å². The molecule has 0 saturated carbocycles. The second kappa shape index (κ2) is 8.41. The van der Waals surface area contributed by atoms with Crippen LogP contribution < -0.4 is 5.32 Å². The van der Waals surface area contributed by atoms with E-state index in [0.29, 0.717) is 25.7 Å². The molecule has 1 aromatic carbocycles. The van der Waals surface area contributed by atoms with Gasteiger partial charge >= 0.3 is 0 Å². The Morgan fingerprint density at radius 3 is 2.64 bits per heavy atom. The third-order valence-corrected chi connectivity index (χ3v) is 8.50. The van der Waals surface area contributed by atoms with E-state index in [1.54, 1.807) is 0 Å². The molecule has 2 aliphatic rings. The van der Waals surface area contributed by atoms with Crippen molar-refractivity contribution in [3.8, 4) is 0 Å². The zero-order chi connectivity index (χ0) is 20.4. The summed E-state index contributed by atoms with van der Waals surface area (Å²) < 4.78 is 23.9. The molecule has 28 heavy (non-hydrogen) atoms. The maximum Gasteiger partial charge on any atom is 0.194 e. The minimum atomic E-state index is -3.05. The standard InChI is InChI=1S/C21H34N4O2S/c1-5-22-20(25-12-13-28(26,27)21(3,4)16-25)23-14-17(2)24-11-10-18-8-6-7-9-19(18)15-24/h6-9,17H,5,10-16H2,1-4H3,(H,22,23). The highest BCUT2D eigenvalue weighted by atomic mass is 32.2. The van der Waals surface area contributed by atoms with Gasteiger partial charge in [-0.2, -0.15) is 0 Å². The molecule has 1 aromatic rings. The predicted octanol–water partition coefficient (Wildman–Crippen LogP) is 1.91. The first-order valence-corrected chi connectivity index (χ1v) is 11.9. The first-order chi connectivity index (χ1) is 13.2. The largest absolute Gasteiger partial charge is 0.357 e. The second-order valence-electron chi connectivity index (χ2n) is 8.53. The quantitative estimate of drug-likeness (QED) is 0.611. The highest BCUT2D eigenvalue weighted by Crippen LogP contribution is 2.24. The van der Waals surface area contributed by atoms with E-state index < -0.39 is 14.6 Å². The van der Waals surface area contributed by atoms with Crippen molar-refractivity contribution in [2.24, 2.45) is 4.99 Å². The first kappa shape index (κ1) is 21.1. The Balaban J connectivity index is 1.66. The fraction of sp³-hybridized carbons (Fsp3) is 0.667. The lowest BCUT2D eigenvalue weighted by molar-refractivity contribution is 0.195. The van der Waals surface area contributed by atoms with E-state index in [9.17, 15) is 8.42 Å². The van der Waals surface area contributed by atoms with E-state index in [-0.39, 0.29) is 5.75 Å². The van der Waals surface area contributed by atoms with E-state index >= 15 is 0 Å². The molecule has 1 saturated heterocycles. The number of aliphatic imine (C=N–C) groups is 1. The van der Waals surface area contributed by atoms with Crippen molar-refractivity contribution >= 4 is 15.8 Å². The van der Waals surface area contributed by atoms with Gasteiger partial charge in [0.15, 0.2) is 15.8 Å². The Kier molecular flexibility index (Phi) is 6.34. The molecule has 3 rings (SSSR count). The fourth-order valence-electron chi connectivity index (χ4n) is 3.98. The van der Waals surface area contributed by atoms with Gasteiger partial charge in [-0.15, -0.1) is 0 Å². The van der Waals surface area contributed by atoms with Gasteiger partial charge in [-0.05, 0) is 45.2 Å². The molecule has 6 nitrogen and oxygen atoms in total. The smallest absolute Gasteiger partial charge is 0.194 e. The molecule has 0 amide bonds. The molecule has 1 fully saturated rings. The molecule has 0 bridgehead atoms. The molecule has 1 N–H and O–H groups in total. The van der Waals surface area contributed by atoms with Crippen LogP contribution >= 0.6 is 0 Å². The molecule has 0 radical (unpaired) electrons. The Hall–Kier alpha value is -1.60. The van der Waals surface area contributed by atoms with Crippen LogP contribution in [0.2, 0.25) is 0 Å². The number of nitrogens with zero attached hydrogens (tertiary/aromatic N) is 3. The van der Waals surface area contributed by atoms with Gasteiger partial charge in [0.2, 0.25) is 0 Å². The maximum atomic E-state index is 12.3. The van der Waals surface area contributed by atoms with Crippen LogP contribution in [0.25, 0.3) is 0 Å². The molecular weight excluding hydrogens is 372 g/mol. The number of rotatable bonds is 4. The van der Waals surface area contributed by atoms with E-state index in [4.69, 9.17) is 4.99 Å². The van der Waals surface area contributed by atoms with Crippen molar-refractivity contribution in [3.05, 3.63) is 35.4 Å². The van der Waals surface area contributed by atoms with E-state index in [0.717, 1.165) is 32.0 Å². The van der Waals surface area contributed by atoms with Crippen LogP contribution in [-0.2, 0) is 22.8 Å². The minimum Gasteiger partial charge on any atom is -0.357 e. The van der Waals surface area contributed by atoms with Crippen LogP contribution in [0, 0.1) is 0 Å². The highest BCUT2D eigenvalue weighted by molar-refractivity contribution is 7.92. The second-order valence-corrected chi connectivity index (χ2v) is 11.3. The molecule has 1 unspecified atom stereocenters. The zero-order valence-corrected chi connectivity index (χ0v) is 18.4. The predicted molar refractivity (Wildman–Crippen MR) is 115 cm³/mol. The van der Waals surface area contributed by atoms with Crippen LogP contribution in [0.4, 0.5) is 0 Å². The van der Waals surface area contributed by atoms with Crippen LogP contribution in [0.5, 0.6) is 0 Å². The van der Waals surface area contributed by atoms with Gasteiger partial charge in [-0.3, -0.25) is 9.89 Å². The maximum absolute atomic E-state index is 12.3. The summed E-state index contributed by atoms with van der Waals surface area (Å²) in [4.78, 5) is 9.46. The van der Waals surface area contributed by atoms with Gasteiger partial charge in [0.25, 0.3) is 0 Å². The number of hydrogen-bond acceptors (Lipinski definition) is 4. The SMILES string of the molecule is CCNC(=NCC(C)N1CCc2ccccc2C1)N1CCS(=O)(=O)C(C)(C)C1. The molecule has 2 aliphatic heterocycles. The molecule has 0 spiro atoms. The van der Waals surface area contributed by atoms with Crippen LogP contribution in [0.1, 0.15) is 38.8 Å². The number of sulfone groups is 1. The summed E-state index contributed by atoms with van der Waals surface area (Å²) in [5, 5.41) is 3.35. The van der Waals surface area contributed by atoms with Crippen molar-refractivity contribution in [1.82, 2.24) is 15.1 Å². The van der Waals surface area contributed by atoms with Gasteiger partial charge in [0.1, 0.15) is 0 Å². The summed E-state index contributed by atoms with van der Waals surface area (Å²) in [6.07, 6.45) is 1.09. The number of nitrogens with one attached hydrogen (secondary N) is 1. The number of benzene rings is 1. The molecule has 1 atom stereocenters. The third kappa shape index (κ3) is 4.51. The lowest BCUT2D eigenvalue weighted by Crippen LogP contribution is -2.57. The highest BCUT2D eigenvalue weighted by Gasteiger charge is 2.41. The van der Waals surface area contributed by atoms with Gasteiger partial charge in [-0.1, -0.05) is 24.3 Å². The van der Waals surface area contributed by atoms with Gasteiger partial charge < -0.3 is 10.2 Å². The lowest BCUT2D eigenvalue weighted by atomic mass is 9.99. The van der Waals surface area contributed by atoms with Crippen molar-refractivity contribution in [2.75, 3.05) is 38.5 Å². The van der Waals surface area contributed by atoms with Crippen LogP contribution in [0.3, 0.4) is 0 Å². The Morgan fingerprint density at radius 1 is 1.25 bits per heavy atom. The lowest BCUT2D eigenvalue weighted by Gasteiger charge is -2.39. The molecule has 2 heterocycles. The Morgan fingerprint density at radius 2 is 1.96 bits per heavy atom. The van der Waals surface area contributed by atoms with Gasteiger partial charge in [0, 0.05) is 38.8 Å². The number of guanidine groups is 1. The fourth-order valence-corrected chi connectivity index (χ4v) is 5.34. The molecular formula is C21H34N4O2S. The number of hydrogen-bond donors (Lipinski definition) is 1. The van der Waals surface area contributed by atoms with E-state index in [1.807, 2.05) is 20.8 Å². The number of fused-ring (bicyclic) bond motifs is 1. The summed E-state index contributed by atoms with van der Waals surface area (Å²) >= 11 is 0. The summed E-state index contributed by atoms with van der Waals surface area (Å²) in [7, 11) is -3.05. The van der Waals surface area contributed by atoms with Crippen LogP contribution in [-0.4, -0.2) is 73.4 Å². The normalized spacial score (nSPS) is 23.1. The van der Waals surface area contributed by atoms with Crippen molar-refractivity contribution in [1.29, 1.82) is 0 Å². The average Bonchev–Trinajstić information content (AvgIpc) is 2.66. The van der Waals surface area contributed by atoms with Gasteiger partial charge in [-0.25, -0.2) is 8.42 Å². The first-order valence-electron chi connectivity index (χ1n) is 10.3. The Labute approximate surface area is 169 Å². The van der Waals surface area contributed by atoms with Crippen molar-refractivity contribution in [2.45, 2.75) is 51.4 Å². The van der Waals surface area contributed by atoms with E-state index in [2.05, 4.69) is 46.3 Å². The van der Waals surface area contributed by atoms with Crippen LogP contribution in [0.15, 0.2) is 29.3 Å². The summed E-state index contributed by atoms with van der Waals surface area (Å²) in [5.41, 5.74) is 2.87. The summed E-state index contributed by atoms with van der Waals surface area (Å²) in [5.74, 6) is 1.01. The molecule has 0 aliphatic carbocycles. The Bertz CT molecular complexity index is 819. The molecule has 0 aromatic heterocycles.